The van der Waals surface area contributed by atoms with Crippen molar-refractivity contribution in [3.05, 3.63) is 51.3 Å². The number of nitrogens with one attached hydrogen (secondary N) is 3. The van der Waals surface area contributed by atoms with Gasteiger partial charge in [-0.3, -0.25) is 19.8 Å². The number of aryl methyl sites for hydroxylation is 2. The summed E-state index contributed by atoms with van der Waals surface area (Å²) < 4.78 is 1.90. The molecule has 0 aliphatic carbocycles. The van der Waals surface area contributed by atoms with Gasteiger partial charge in [-0.15, -0.1) is 0 Å². The van der Waals surface area contributed by atoms with Gasteiger partial charge in [0, 0.05) is 45.0 Å². The van der Waals surface area contributed by atoms with Crippen LogP contribution in [0.4, 0.5) is 11.4 Å². The van der Waals surface area contributed by atoms with Crippen LogP contribution in [0.3, 0.4) is 0 Å². The molecule has 2 aromatic rings. The molecule has 0 radical (unpaired) electrons. The van der Waals surface area contributed by atoms with Crippen molar-refractivity contribution in [1.82, 2.24) is 20.4 Å². The maximum atomic E-state index is 11.0. The fourth-order valence-electron chi connectivity index (χ4n) is 3.06. The van der Waals surface area contributed by atoms with E-state index in [1.165, 1.54) is 17.3 Å². The number of aromatic nitrogens is 2. The Balaban J connectivity index is 1.82. The molecule has 1 atom stereocenters. The van der Waals surface area contributed by atoms with Gasteiger partial charge in [-0.25, -0.2) is 0 Å². The third-order valence-corrected chi connectivity index (χ3v) is 4.61. The van der Waals surface area contributed by atoms with Crippen LogP contribution < -0.4 is 16.0 Å². The number of nitro groups is 1. The number of hydrogen-bond acceptors (Lipinski definition) is 5. The van der Waals surface area contributed by atoms with Gasteiger partial charge in [0.25, 0.3) is 5.69 Å². The summed E-state index contributed by atoms with van der Waals surface area (Å²) in [5.74, 6) is 0.691. The van der Waals surface area contributed by atoms with Crippen LogP contribution in [0.1, 0.15) is 23.9 Å². The van der Waals surface area contributed by atoms with Crippen LogP contribution in [0.25, 0.3) is 0 Å². The molecular formula is C19H29N7O2. The minimum absolute atomic E-state index is 0.0702. The molecule has 3 N–H and O–H groups in total. The van der Waals surface area contributed by atoms with Crippen LogP contribution in [-0.4, -0.2) is 46.8 Å². The average Bonchev–Trinajstić information content (AvgIpc) is 2.90. The smallest absolute Gasteiger partial charge is 0.292 e. The highest BCUT2D eigenvalue weighted by atomic mass is 16.6. The molecule has 28 heavy (non-hydrogen) atoms. The topological polar surface area (TPSA) is 109 Å². The zero-order valence-electron chi connectivity index (χ0n) is 17.1. The van der Waals surface area contributed by atoms with Gasteiger partial charge >= 0.3 is 0 Å². The molecule has 0 aliphatic rings. The molecule has 1 aromatic carbocycles. The van der Waals surface area contributed by atoms with E-state index in [2.05, 4.69) is 39.9 Å². The van der Waals surface area contributed by atoms with Gasteiger partial charge < -0.3 is 16.0 Å². The van der Waals surface area contributed by atoms with Gasteiger partial charge in [0.15, 0.2) is 5.96 Å². The summed E-state index contributed by atoms with van der Waals surface area (Å²) in [6.07, 6.45) is 0.848. The summed E-state index contributed by atoms with van der Waals surface area (Å²) in [6.45, 7) is 7.30. The van der Waals surface area contributed by atoms with Crippen LogP contribution >= 0.6 is 0 Å². The highest BCUT2D eigenvalue weighted by Gasteiger charge is 2.14. The lowest BCUT2D eigenvalue weighted by molar-refractivity contribution is -0.384. The number of nitrogens with zero attached hydrogens (tertiary/aromatic N) is 4. The number of guanidine groups is 1. The Morgan fingerprint density at radius 1 is 1.32 bits per heavy atom. The second kappa shape index (κ2) is 9.72. The second-order valence-corrected chi connectivity index (χ2v) is 6.72. The molecule has 9 heteroatoms. The summed E-state index contributed by atoms with van der Waals surface area (Å²) in [5, 5.41) is 25.2. The predicted molar refractivity (Wildman–Crippen MR) is 112 cm³/mol. The Morgan fingerprint density at radius 2 is 2.04 bits per heavy atom. The molecule has 1 unspecified atom stereocenters. The minimum atomic E-state index is -0.389. The molecule has 0 saturated heterocycles. The van der Waals surface area contributed by atoms with Crippen molar-refractivity contribution in [3.63, 3.8) is 0 Å². The number of nitro benzene ring substituents is 1. The van der Waals surface area contributed by atoms with Gasteiger partial charge in [0.05, 0.1) is 10.6 Å². The molecule has 0 amide bonds. The van der Waals surface area contributed by atoms with Crippen molar-refractivity contribution >= 4 is 17.3 Å². The first kappa shape index (κ1) is 21.2. The van der Waals surface area contributed by atoms with E-state index in [0.29, 0.717) is 24.7 Å². The van der Waals surface area contributed by atoms with Gasteiger partial charge in [-0.05, 0) is 38.8 Å². The first-order valence-corrected chi connectivity index (χ1v) is 9.27. The molecular weight excluding hydrogens is 358 g/mol. The van der Waals surface area contributed by atoms with Crippen molar-refractivity contribution in [2.24, 2.45) is 12.0 Å². The van der Waals surface area contributed by atoms with Crippen molar-refractivity contribution in [1.29, 1.82) is 0 Å². The predicted octanol–water partition coefficient (Wildman–Crippen LogP) is 2.15. The Labute approximate surface area is 165 Å². The van der Waals surface area contributed by atoms with Crippen LogP contribution in [0.5, 0.6) is 0 Å². The molecule has 152 valence electrons. The number of hydrogen-bond donors (Lipinski definition) is 3. The Morgan fingerprint density at radius 3 is 2.64 bits per heavy atom. The Bertz CT molecular complexity index is 845. The molecule has 0 spiro atoms. The van der Waals surface area contributed by atoms with Gasteiger partial charge in [-0.2, -0.15) is 5.10 Å². The quantitative estimate of drug-likeness (QED) is 0.211. The second-order valence-electron chi connectivity index (χ2n) is 6.72. The average molecular weight is 387 g/mol. The van der Waals surface area contributed by atoms with E-state index in [9.17, 15) is 10.1 Å². The zero-order chi connectivity index (χ0) is 20.7. The van der Waals surface area contributed by atoms with Crippen molar-refractivity contribution < 1.29 is 4.92 Å². The SMILES string of the molecule is CN=C(NCCNc1ccccc1[N+](=O)[O-])NC(C)Cc1c(C)nn(C)c1C. The molecule has 0 saturated carbocycles. The summed E-state index contributed by atoms with van der Waals surface area (Å²) in [6, 6.07) is 6.79. The first-order valence-electron chi connectivity index (χ1n) is 9.27. The number of benzene rings is 1. The lowest BCUT2D eigenvalue weighted by Gasteiger charge is -2.18. The number of aliphatic imine (C=N–C) groups is 1. The molecule has 0 bridgehead atoms. The molecule has 1 heterocycles. The van der Waals surface area contributed by atoms with Crippen LogP contribution in [-0.2, 0) is 13.5 Å². The van der Waals surface area contributed by atoms with Crippen LogP contribution in [0, 0.1) is 24.0 Å². The number of rotatable bonds is 8. The molecule has 2 rings (SSSR count). The molecule has 0 aliphatic heterocycles. The van der Waals surface area contributed by atoms with Crippen molar-refractivity contribution in [2.45, 2.75) is 33.2 Å². The van der Waals surface area contributed by atoms with E-state index < -0.39 is 0 Å². The minimum Gasteiger partial charge on any atom is -0.378 e. The van der Waals surface area contributed by atoms with E-state index in [-0.39, 0.29) is 16.7 Å². The summed E-state index contributed by atoms with van der Waals surface area (Å²) in [5.41, 5.74) is 4.04. The van der Waals surface area contributed by atoms with Crippen molar-refractivity contribution in [3.8, 4) is 0 Å². The van der Waals surface area contributed by atoms with Crippen molar-refractivity contribution in [2.75, 3.05) is 25.5 Å². The third-order valence-electron chi connectivity index (χ3n) is 4.61. The van der Waals surface area contributed by atoms with E-state index >= 15 is 0 Å². The lowest BCUT2D eigenvalue weighted by atomic mass is 10.1. The Hall–Kier alpha value is -3.10. The van der Waals surface area contributed by atoms with Crippen LogP contribution in [0.15, 0.2) is 29.3 Å². The van der Waals surface area contributed by atoms with Gasteiger partial charge in [-0.1, -0.05) is 12.1 Å². The fourth-order valence-corrected chi connectivity index (χ4v) is 3.06. The summed E-state index contributed by atoms with van der Waals surface area (Å²) in [4.78, 5) is 14.9. The first-order chi connectivity index (χ1) is 13.3. The maximum Gasteiger partial charge on any atom is 0.292 e. The molecule has 0 fully saturated rings. The number of para-hydroxylation sites is 2. The molecule has 9 nitrogen and oxygen atoms in total. The molecule has 1 aromatic heterocycles. The van der Waals surface area contributed by atoms with E-state index in [1.807, 2.05) is 18.7 Å². The third kappa shape index (κ3) is 5.45. The van der Waals surface area contributed by atoms with Gasteiger partial charge in [0.2, 0.25) is 0 Å². The highest BCUT2D eigenvalue weighted by molar-refractivity contribution is 5.80. The monoisotopic (exact) mass is 387 g/mol. The number of anilines is 1. The highest BCUT2D eigenvalue weighted by Crippen LogP contribution is 2.22. The summed E-state index contributed by atoms with van der Waals surface area (Å²) in [7, 11) is 3.67. The fraction of sp³-hybridized carbons (Fsp3) is 0.474. The zero-order valence-corrected chi connectivity index (χ0v) is 17.1. The lowest BCUT2D eigenvalue weighted by Crippen LogP contribution is -2.44. The summed E-state index contributed by atoms with van der Waals surface area (Å²) >= 11 is 0. The maximum absolute atomic E-state index is 11.0. The van der Waals surface area contributed by atoms with E-state index in [1.54, 1.807) is 25.2 Å². The standard InChI is InChI=1S/C19H29N7O2/c1-13(12-16-14(2)24-25(5)15(16)3)23-19(20-4)22-11-10-21-17-8-6-7-9-18(17)26(27)28/h6-9,13,21H,10-12H2,1-5H3,(H2,20,22,23). The normalized spacial score (nSPS) is 12.5. The van der Waals surface area contributed by atoms with E-state index in [4.69, 9.17) is 0 Å². The van der Waals surface area contributed by atoms with Crippen LogP contribution in [0.2, 0.25) is 0 Å². The van der Waals surface area contributed by atoms with Gasteiger partial charge in [0.1, 0.15) is 5.69 Å². The van der Waals surface area contributed by atoms with E-state index in [0.717, 1.165) is 12.1 Å². The largest absolute Gasteiger partial charge is 0.378 e. The Kier molecular flexibility index (Phi) is 7.36.